The van der Waals surface area contributed by atoms with E-state index >= 15 is 0 Å². The number of thiocarbonyl (C=S) groups is 1. The normalized spacial score (nSPS) is 12.3. The van der Waals surface area contributed by atoms with Gasteiger partial charge in [0.25, 0.3) is 0 Å². The summed E-state index contributed by atoms with van der Waals surface area (Å²) < 4.78 is 0. The Hall–Kier alpha value is -1.95. The molecule has 24 heavy (non-hydrogen) atoms. The molecule has 0 radical (unpaired) electrons. The van der Waals surface area contributed by atoms with E-state index in [0.29, 0.717) is 11.2 Å². The lowest BCUT2D eigenvalue weighted by Crippen LogP contribution is -3.06. The van der Waals surface area contributed by atoms with Gasteiger partial charge in [-0.15, -0.1) is 11.3 Å². The van der Waals surface area contributed by atoms with Crippen molar-refractivity contribution >= 4 is 45.1 Å². The molecule has 0 aliphatic carbocycles. The predicted molar refractivity (Wildman–Crippen MR) is 108 cm³/mol. The van der Waals surface area contributed by atoms with Crippen molar-refractivity contribution in [2.24, 2.45) is 0 Å². The van der Waals surface area contributed by atoms with Gasteiger partial charge in [0, 0.05) is 11.1 Å². The number of hydrogen-bond acceptors (Lipinski definition) is 2. The maximum absolute atomic E-state index is 5.51. The average Bonchev–Trinajstić information content (AvgIpc) is 3.09. The Morgan fingerprint density at radius 1 is 1.08 bits per heavy atom. The van der Waals surface area contributed by atoms with E-state index in [9.17, 15) is 0 Å². The zero-order chi connectivity index (χ0) is 16.9. The quantitative estimate of drug-likeness (QED) is 0.614. The summed E-state index contributed by atoms with van der Waals surface area (Å²) in [6.45, 7) is 0.805. The molecule has 0 bridgehead atoms. The molecule has 0 saturated heterocycles. The lowest BCUT2D eigenvalue weighted by Gasteiger charge is -2.22. The Balaban J connectivity index is 1.67. The van der Waals surface area contributed by atoms with Crippen molar-refractivity contribution in [2.75, 3.05) is 26.0 Å². The molecular weight excluding hydrogens is 334 g/mol. The summed E-state index contributed by atoms with van der Waals surface area (Å²) in [5.74, 6) is 0. The number of benzene rings is 2. The molecule has 124 valence electrons. The smallest absolute Gasteiger partial charge is 0.171 e. The van der Waals surface area contributed by atoms with E-state index in [2.05, 4.69) is 66.5 Å². The van der Waals surface area contributed by atoms with Crippen molar-refractivity contribution in [1.82, 2.24) is 5.32 Å². The van der Waals surface area contributed by atoms with E-state index in [4.69, 9.17) is 12.2 Å². The molecular formula is C19H22N3S2+. The maximum atomic E-state index is 5.51. The van der Waals surface area contributed by atoms with E-state index in [1.54, 1.807) is 11.3 Å². The first-order valence-corrected chi connectivity index (χ1v) is 9.30. The van der Waals surface area contributed by atoms with Crippen LogP contribution < -0.4 is 15.5 Å². The van der Waals surface area contributed by atoms with Crippen molar-refractivity contribution in [3.63, 3.8) is 0 Å². The molecule has 0 aliphatic rings. The van der Waals surface area contributed by atoms with E-state index in [1.165, 1.54) is 20.5 Å². The van der Waals surface area contributed by atoms with Crippen LogP contribution in [-0.2, 0) is 0 Å². The lowest BCUT2D eigenvalue weighted by molar-refractivity contribution is -0.890. The van der Waals surface area contributed by atoms with Gasteiger partial charge in [-0.1, -0.05) is 42.5 Å². The number of likely N-dealkylation sites (N-methyl/N-ethyl adjacent to an activating group) is 1. The van der Waals surface area contributed by atoms with Crippen LogP contribution in [0.1, 0.15) is 10.9 Å². The summed E-state index contributed by atoms with van der Waals surface area (Å²) in [5.41, 5.74) is 1.04. The summed E-state index contributed by atoms with van der Waals surface area (Å²) >= 11 is 7.30. The summed E-state index contributed by atoms with van der Waals surface area (Å²) in [6.07, 6.45) is 0. The molecule has 0 saturated carbocycles. The molecule has 3 N–H and O–H groups in total. The van der Waals surface area contributed by atoms with Crippen LogP contribution in [0.5, 0.6) is 0 Å². The van der Waals surface area contributed by atoms with Gasteiger partial charge in [-0.25, -0.2) is 0 Å². The number of anilines is 1. The van der Waals surface area contributed by atoms with E-state index in [0.717, 1.165) is 12.2 Å². The molecule has 1 atom stereocenters. The van der Waals surface area contributed by atoms with Crippen LogP contribution in [0.15, 0.2) is 60.0 Å². The second kappa shape index (κ2) is 7.75. The molecule has 3 aromatic rings. The van der Waals surface area contributed by atoms with Crippen LogP contribution in [0.3, 0.4) is 0 Å². The molecule has 5 heteroatoms. The third-order valence-electron chi connectivity index (χ3n) is 4.09. The highest BCUT2D eigenvalue weighted by Crippen LogP contribution is 2.23. The highest BCUT2D eigenvalue weighted by atomic mass is 32.1. The van der Waals surface area contributed by atoms with Gasteiger partial charge >= 0.3 is 0 Å². The zero-order valence-electron chi connectivity index (χ0n) is 13.9. The van der Waals surface area contributed by atoms with Crippen molar-refractivity contribution in [1.29, 1.82) is 0 Å². The molecule has 1 aromatic heterocycles. The first-order valence-electron chi connectivity index (χ1n) is 8.01. The van der Waals surface area contributed by atoms with Gasteiger partial charge in [-0.2, -0.15) is 0 Å². The predicted octanol–water partition coefficient (Wildman–Crippen LogP) is 3.07. The standard InChI is InChI=1S/C19H21N3S2/c1-22(2)17(18-11-6-12-24-18)13-20-19(23)21-16-10-5-8-14-7-3-4-9-15(14)16/h3-12,17H,13H2,1-2H3,(H2,20,21,23)/p+1/t17-/m0/s1. The Labute approximate surface area is 152 Å². The Morgan fingerprint density at radius 3 is 2.62 bits per heavy atom. The van der Waals surface area contributed by atoms with Crippen LogP contribution in [0.2, 0.25) is 0 Å². The van der Waals surface area contributed by atoms with Gasteiger partial charge in [-0.3, -0.25) is 0 Å². The molecule has 3 rings (SSSR count). The maximum Gasteiger partial charge on any atom is 0.171 e. The van der Waals surface area contributed by atoms with Gasteiger partial charge in [0.1, 0.15) is 6.04 Å². The van der Waals surface area contributed by atoms with Crippen LogP contribution >= 0.6 is 23.6 Å². The minimum atomic E-state index is 0.386. The number of thiophene rings is 1. The summed E-state index contributed by atoms with van der Waals surface area (Å²) in [7, 11) is 4.35. The molecule has 0 fully saturated rings. The van der Waals surface area contributed by atoms with Gasteiger partial charge in [0.05, 0.1) is 25.5 Å². The average molecular weight is 357 g/mol. The van der Waals surface area contributed by atoms with Gasteiger partial charge in [0.15, 0.2) is 5.11 Å². The molecule has 0 aliphatic heterocycles. The zero-order valence-corrected chi connectivity index (χ0v) is 15.5. The molecule has 0 amide bonds. The summed E-state index contributed by atoms with van der Waals surface area (Å²) in [5, 5.41) is 11.9. The summed E-state index contributed by atoms with van der Waals surface area (Å²) in [6, 6.07) is 19.2. The van der Waals surface area contributed by atoms with Gasteiger partial charge < -0.3 is 15.5 Å². The molecule has 0 unspecified atom stereocenters. The second-order valence-electron chi connectivity index (χ2n) is 6.01. The molecule has 3 nitrogen and oxygen atoms in total. The molecule has 1 heterocycles. The highest BCUT2D eigenvalue weighted by Gasteiger charge is 2.19. The first-order chi connectivity index (χ1) is 11.6. The van der Waals surface area contributed by atoms with Crippen molar-refractivity contribution in [2.45, 2.75) is 6.04 Å². The van der Waals surface area contributed by atoms with E-state index in [-0.39, 0.29) is 0 Å². The largest absolute Gasteiger partial charge is 0.356 e. The minimum Gasteiger partial charge on any atom is -0.356 e. The van der Waals surface area contributed by atoms with E-state index < -0.39 is 0 Å². The van der Waals surface area contributed by atoms with E-state index in [1.807, 2.05) is 18.2 Å². The number of quaternary nitrogens is 1. The van der Waals surface area contributed by atoms with Gasteiger partial charge in [-0.05, 0) is 35.1 Å². The monoisotopic (exact) mass is 356 g/mol. The first kappa shape index (κ1) is 16.9. The minimum absolute atomic E-state index is 0.386. The second-order valence-corrected chi connectivity index (χ2v) is 7.39. The van der Waals surface area contributed by atoms with Crippen molar-refractivity contribution in [3.8, 4) is 0 Å². The van der Waals surface area contributed by atoms with Crippen LogP contribution in [-0.4, -0.2) is 25.8 Å². The molecule has 2 aromatic carbocycles. The van der Waals surface area contributed by atoms with Crippen molar-refractivity contribution < 1.29 is 4.90 Å². The Bertz CT molecular complexity index is 807. The number of fused-ring (bicyclic) bond motifs is 1. The fraction of sp³-hybridized carbons (Fsp3) is 0.211. The number of rotatable bonds is 5. The van der Waals surface area contributed by atoms with Crippen LogP contribution in [0, 0.1) is 0 Å². The third-order valence-corrected chi connectivity index (χ3v) is 5.32. The van der Waals surface area contributed by atoms with Crippen molar-refractivity contribution in [3.05, 3.63) is 64.9 Å². The SMILES string of the molecule is C[NH+](C)[C@@H](CNC(=S)Nc1cccc2ccccc12)c1cccs1. The Morgan fingerprint density at radius 2 is 1.88 bits per heavy atom. The highest BCUT2D eigenvalue weighted by molar-refractivity contribution is 7.80. The Kier molecular flexibility index (Phi) is 5.45. The number of hydrogen-bond donors (Lipinski definition) is 3. The van der Waals surface area contributed by atoms with Crippen LogP contribution in [0.25, 0.3) is 10.8 Å². The molecule has 0 spiro atoms. The fourth-order valence-electron chi connectivity index (χ4n) is 2.77. The fourth-order valence-corrected chi connectivity index (χ4v) is 3.92. The van der Waals surface area contributed by atoms with Crippen LogP contribution in [0.4, 0.5) is 5.69 Å². The lowest BCUT2D eigenvalue weighted by atomic mass is 10.1. The third kappa shape index (κ3) is 3.93. The van der Waals surface area contributed by atoms with Gasteiger partial charge in [0.2, 0.25) is 0 Å². The topological polar surface area (TPSA) is 28.5 Å². The number of nitrogens with one attached hydrogen (secondary N) is 3. The summed E-state index contributed by atoms with van der Waals surface area (Å²) in [4.78, 5) is 2.76.